The van der Waals surface area contributed by atoms with Gasteiger partial charge >= 0.3 is 0 Å². The van der Waals surface area contributed by atoms with Crippen LogP contribution in [-0.4, -0.2) is 26.5 Å². The van der Waals surface area contributed by atoms with Gasteiger partial charge in [0.2, 0.25) is 11.6 Å². The molecule has 3 aromatic heterocycles. The molecule has 0 atom stereocenters. The van der Waals surface area contributed by atoms with Gasteiger partial charge in [0.15, 0.2) is 0 Å². The fraction of sp³-hybridized carbons (Fsp3) is 0. The van der Waals surface area contributed by atoms with Crippen molar-refractivity contribution in [2.75, 3.05) is 0 Å². The van der Waals surface area contributed by atoms with Gasteiger partial charge in [0.1, 0.15) is 21.2 Å². The number of benzene rings is 1. The number of Topliss-reactive ketones (excluding diaryl/α,β-unsaturated/α-hetero) is 2. The first kappa shape index (κ1) is 15.2. The van der Waals surface area contributed by atoms with E-state index in [2.05, 4.69) is 33.2 Å². The Kier molecular flexibility index (Phi) is 3.37. The lowest BCUT2D eigenvalue weighted by Crippen LogP contribution is -2.00. The Bertz CT molecular complexity index is 1150. The number of hydrogen-bond acceptors (Lipinski definition) is 7. The Labute approximate surface area is 155 Å². The standard InChI is InChI=1S/C19H9N3O2S2/c23-17-11(18(24)16-15(17)20-6-7-21-16)8-14-22-19-13(25-14)9-12(26-19)10-4-2-1-3-5-10/h1-9H. The third kappa shape index (κ3) is 2.33. The lowest BCUT2D eigenvalue weighted by Gasteiger charge is -1.94. The van der Waals surface area contributed by atoms with Gasteiger partial charge in [0, 0.05) is 17.3 Å². The second-order valence-electron chi connectivity index (χ2n) is 5.67. The second-order valence-corrected chi connectivity index (χ2v) is 7.76. The molecule has 0 unspecified atom stereocenters. The van der Waals surface area contributed by atoms with Crippen LogP contribution in [0, 0.1) is 0 Å². The molecule has 7 heteroatoms. The Balaban J connectivity index is 1.53. The predicted octanol–water partition coefficient (Wildman–Crippen LogP) is 4.28. The van der Waals surface area contributed by atoms with Gasteiger partial charge in [-0.05, 0) is 17.7 Å². The lowest BCUT2D eigenvalue weighted by atomic mass is 10.2. The van der Waals surface area contributed by atoms with Crippen molar-refractivity contribution in [2.45, 2.75) is 0 Å². The first-order chi connectivity index (χ1) is 12.7. The molecule has 3 heterocycles. The Morgan fingerprint density at radius 2 is 1.58 bits per heavy atom. The topological polar surface area (TPSA) is 72.8 Å². The SMILES string of the molecule is O=C1C(=Cc2nc3sc(-c4ccccc4)cc3s2)C(=O)c2nccnc21. The van der Waals surface area contributed by atoms with Crippen molar-refractivity contribution in [1.82, 2.24) is 15.0 Å². The number of ketones is 2. The van der Waals surface area contributed by atoms with E-state index in [0.717, 1.165) is 20.0 Å². The minimum atomic E-state index is -0.387. The summed E-state index contributed by atoms with van der Waals surface area (Å²) in [5.74, 6) is -0.775. The lowest BCUT2D eigenvalue weighted by molar-refractivity contribution is 0.0988. The fourth-order valence-electron chi connectivity index (χ4n) is 2.84. The van der Waals surface area contributed by atoms with Gasteiger partial charge in [-0.2, -0.15) is 0 Å². The first-order valence-corrected chi connectivity index (χ1v) is 9.42. The highest BCUT2D eigenvalue weighted by Crippen LogP contribution is 2.37. The van der Waals surface area contributed by atoms with Crippen LogP contribution in [-0.2, 0) is 0 Å². The summed E-state index contributed by atoms with van der Waals surface area (Å²) in [7, 11) is 0. The number of nitrogens with zero attached hydrogens (tertiary/aromatic N) is 3. The summed E-state index contributed by atoms with van der Waals surface area (Å²) in [6.07, 6.45) is 4.38. The summed E-state index contributed by atoms with van der Waals surface area (Å²) in [4.78, 5) is 39.3. The van der Waals surface area contributed by atoms with Crippen LogP contribution in [0.25, 0.3) is 26.0 Å². The first-order valence-electron chi connectivity index (χ1n) is 7.78. The van der Waals surface area contributed by atoms with Crippen LogP contribution in [0.2, 0.25) is 0 Å². The van der Waals surface area contributed by atoms with E-state index in [4.69, 9.17) is 0 Å². The molecule has 5 rings (SSSR count). The molecule has 5 nitrogen and oxygen atoms in total. The van der Waals surface area contributed by atoms with Gasteiger partial charge in [0.25, 0.3) is 0 Å². The Morgan fingerprint density at radius 3 is 2.23 bits per heavy atom. The predicted molar refractivity (Wildman–Crippen MR) is 102 cm³/mol. The summed E-state index contributed by atoms with van der Waals surface area (Å²) >= 11 is 3.05. The molecule has 0 radical (unpaired) electrons. The zero-order valence-corrected chi connectivity index (χ0v) is 14.8. The second kappa shape index (κ2) is 5.76. The Morgan fingerprint density at radius 1 is 0.885 bits per heavy atom. The average Bonchev–Trinajstić information content (AvgIpc) is 3.30. The molecule has 0 spiro atoms. The normalized spacial score (nSPS) is 13.5. The molecule has 0 fully saturated rings. The quantitative estimate of drug-likeness (QED) is 0.386. The maximum absolute atomic E-state index is 12.4. The zero-order valence-electron chi connectivity index (χ0n) is 13.2. The maximum atomic E-state index is 12.4. The minimum absolute atomic E-state index is 0.0795. The van der Waals surface area contributed by atoms with E-state index in [1.54, 1.807) is 17.4 Å². The molecule has 0 aliphatic heterocycles. The van der Waals surface area contributed by atoms with E-state index >= 15 is 0 Å². The molecule has 0 saturated heterocycles. The van der Waals surface area contributed by atoms with E-state index in [9.17, 15) is 9.59 Å². The van der Waals surface area contributed by atoms with Crippen LogP contribution in [0.3, 0.4) is 0 Å². The number of allylic oxidation sites excluding steroid dienone is 1. The number of aromatic nitrogens is 3. The van der Waals surface area contributed by atoms with Crippen molar-refractivity contribution in [1.29, 1.82) is 0 Å². The molecular formula is C19H9N3O2S2. The number of fused-ring (bicyclic) bond motifs is 2. The molecule has 0 saturated carbocycles. The van der Waals surface area contributed by atoms with Crippen molar-refractivity contribution in [2.24, 2.45) is 0 Å². The maximum Gasteiger partial charge on any atom is 0.217 e. The molecule has 124 valence electrons. The monoisotopic (exact) mass is 375 g/mol. The summed E-state index contributed by atoms with van der Waals surface area (Å²) in [5.41, 5.74) is 1.47. The van der Waals surface area contributed by atoms with Gasteiger partial charge < -0.3 is 0 Å². The van der Waals surface area contributed by atoms with Crippen LogP contribution in [0.4, 0.5) is 0 Å². The molecule has 0 amide bonds. The van der Waals surface area contributed by atoms with Crippen LogP contribution in [0.15, 0.2) is 54.4 Å². The van der Waals surface area contributed by atoms with Crippen molar-refractivity contribution >= 4 is 49.8 Å². The van der Waals surface area contributed by atoms with Gasteiger partial charge in [-0.1, -0.05) is 30.3 Å². The van der Waals surface area contributed by atoms with Crippen LogP contribution in [0.5, 0.6) is 0 Å². The van der Waals surface area contributed by atoms with Crippen molar-refractivity contribution in [3.8, 4) is 10.4 Å². The van der Waals surface area contributed by atoms with Gasteiger partial charge in [0.05, 0.1) is 10.3 Å². The third-order valence-electron chi connectivity index (χ3n) is 4.05. The summed E-state index contributed by atoms with van der Waals surface area (Å²) in [5, 5.41) is 0.635. The van der Waals surface area contributed by atoms with E-state index in [1.165, 1.54) is 23.7 Å². The summed E-state index contributed by atoms with van der Waals surface area (Å²) in [6, 6.07) is 12.2. The van der Waals surface area contributed by atoms with E-state index < -0.39 is 0 Å². The van der Waals surface area contributed by atoms with Crippen molar-refractivity contribution in [3.05, 3.63) is 70.8 Å². The number of thiazole rings is 1. The number of rotatable bonds is 2. The van der Waals surface area contributed by atoms with Gasteiger partial charge in [-0.3, -0.25) is 9.59 Å². The smallest absolute Gasteiger partial charge is 0.217 e. The Hall–Kier alpha value is -3.03. The highest BCUT2D eigenvalue weighted by molar-refractivity contribution is 7.29. The molecule has 4 aromatic rings. The number of carbonyl (C=O) groups excluding carboxylic acids is 2. The van der Waals surface area contributed by atoms with Gasteiger partial charge in [-0.15, -0.1) is 22.7 Å². The number of hydrogen-bond donors (Lipinski definition) is 0. The molecule has 0 bridgehead atoms. The minimum Gasteiger partial charge on any atom is -0.287 e. The van der Waals surface area contributed by atoms with Crippen molar-refractivity contribution < 1.29 is 9.59 Å². The van der Waals surface area contributed by atoms with Crippen LogP contribution >= 0.6 is 22.7 Å². The number of carbonyl (C=O) groups is 2. The van der Waals surface area contributed by atoms with E-state index in [1.807, 2.05) is 18.2 Å². The molecule has 26 heavy (non-hydrogen) atoms. The zero-order chi connectivity index (χ0) is 17.7. The number of thiophene rings is 1. The fourth-order valence-corrected chi connectivity index (χ4v) is 5.01. The molecular weight excluding hydrogens is 366 g/mol. The van der Waals surface area contributed by atoms with E-state index in [0.29, 0.717) is 5.01 Å². The van der Waals surface area contributed by atoms with Crippen LogP contribution < -0.4 is 0 Å². The highest BCUT2D eigenvalue weighted by atomic mass is 32.1. The van der Waals surface area contributed by atoms with E-state index in [-0.39, 0.29) is 28.5 Å². The average molecular weight is 375 g/mol. The van der Waals surface area contributed by atoms with Crippen LogP contribution in [0.1, 0.15) is 26.0 Å². The van der Waals surface area contributed by atoms with Gasteiger partial charge in [-0.25, -0.2) is 15.0 Å². The third-order valence-corrected chi connectivity index (χ3v) is 6.21. The molecule has 1 aromatic carbocycles. The molecule has 1 aliphatic rings. The summed E-state index contributed by atoms with van der Waals surface area (Å²) in [6.45, 7) is 0. The summed E-state index contributed by atoms with van der Waals surface area (Å²) < 4.78 is 1.03. The molecule has 0 N–H and O–H groups in total. The highest BCUT2D eigenvalue weighted by Gasteiger charge is 2.35. The molecule has 1 aliphatic carbocycles. The largest absolute Gasteiger partial charge is 0.287 e. The van der Waals surface area contributed by atoms with Crippen molar-refractivity contribution in [3.63, 3.8) is 0 Å².